The molecule has 1 amide bonds. The molecule has 0 aromatic heterocycles. The summed E-state index contributed by atoms with van der Waals surface area (Å²) in [6.07, 6.45) is 1.91. The molecule has 4 rings (SSSR count). The molecule has 1 unspecified atom stereocenters. The number of sulfonamides is 1. The highest BCUT2D eigenvalue weighted by Gasteiger charge is 2.42. The van der Waals surface area contributed by atoms with Crippen LogP contribution in [0.2, 0.25) is 0 Å². The van der Waals surface area contributed by atoms with E-state index in [1.165, 1.54) is 4.31 Å². The van der Waals surface area contributed by atoms with Crippen LogP contribution in [0.25, 0.3) is 0 Å². The van der Waals surface area contributed by atoms with Crippen LogP contribution < -0.4 is 9.47 Å². The van der Waals surface area contributed by atoms with Gasteiger partial charge in [0.05, 0.1) is 19.1 Å². The maximum Gasteiger partial charge on any atom is 0.244 e. The lowest BCUT2D eigenvalue weighted by atomic mass is 9.98. The molecule has 2 aliphatic heterocycles. The van der Waals surface area contributed by atoms with Crippen LogP contribution in [-0.4, -0.2) is 56.9 Å². The van der Waals surface area contributed by atoms with Crippen molar-refractivity contribution in [3.8, 4) is 11.5 Å². The minimum atomic E-state index is -3.78. The molecule has 0 N–H and O–H groups in total. The quantitative estimate of drug-likeness (QED) is 0.667. The topological polar surface area (TPSA) is 76.2 Å². The number of rotatable bonds is 5. The summed E-state index contributed by atoms with van der Waals surface area (Å²) in [5, 5.41) is 0. The molecular weight excluding hydrogens is 440 g/mol. The van der Waals surface area contributed by atoms with Crippen LogP contribution in [0, 0.1) is 20.8 Å². The molecule has 0 spiro atoms. The van der Waals surface area contributed by atoms with Gasteiger partial charge >= 0.3 is 0 Å². The van der Waals surface area contributed by atoms with Gasteiger partial charge in [-0.25, -0.2) is 8.42 Å². The molecule has 0 aliphatic carbocycles. The lowest BCUT2D eigenvalue weighted by Gasteiger charge is -2.34. The SMILES string of the molecule is COc1cc2c(cc1OC)CN(C(=O)C1CCCN1S(=O)(=O)c1c(C)cc(C)cc1C)CC2. The first kappa shape index (κ1) is 23.6. The maximum absolute atomic E-state index is 13.7. The average Bonchev–Trinajstić information content (AvgIpc) is 3.27. The first-order valence-corrected chi connectivity index (χ1v) is 12.7. The number of nitrogens with zero attached hydrogens (tertiary/aromatic N) is 2. The lowest BCUT2D eigenvalue weighted by molar-refractivity contribution is -0.135. The molecule has 178 valence electrons. The van der Waals surface area contributed by atoms with Crippen molar-refractivity contribution in [2.24, 2.45) is 0 Å². The number of hydrogen-bond donors (Lipinski definition) is 0. The van der Waals surface area contributed by atoms with E-state index in [0.717, 1.165) is 27.8 Å². The largest absolute Gasteiger partial charge is 0.493 e. The molecule has 2 heterocycles. The summed E-state index contributed by atoms with van der Waals surface area (Å²) in [5.74, 6) is 1.17. The fourth-order valence-electron chi connectivity index (χ4n) is 5.25. The molecule has 1 saturated heterocycles. The third-order valence-corrected chi connectivity index (χ3v) is 8.90. The van der Waals surface area contributed by atoms with E-state index in [2.05, 4.69) is 0 Å². The van der Waals surface area contributed by atoms with Crippen molar-refractivity contribution in [2.45, 2.75) is 57.5 Å². The van der Waals surface area contributed by atoms with Crippen molar-refractivity contribution in [3.05, 3.63) is 52.1 Å². The molecule has 2 aliphatic rings. The standard InChI is InChI=1S/C25H32N2O5S/c1-16-11-17(2)24(18(3)12-16)33(29,30)27-9-6-7-21(27)25(28)26-10-8-19-13-22(31-4)23(32-5)14-20(19)15-26/h11-14,21H,6-10,15H2,1-5H3. The molecular formula is C25H32N2O5S. The average molecular weight is 473 g/mol. The maximum atomic E-state index is 13.7. The smallest absolute Gasteiger partial charge is 0.244 e. The van der Waals surface area contributed by atoms with Gasteiger partial charge in [0.15, 0.2) is 11.5 Å². The normalized spacial score (nSPS) is 18.8. The molecule has 1 atom stereocenters. The van der Waals surface area contributed by atoms with E-state index in [0.29, 0.717) is 55.3 Å². The Morgan fingerprint density at radius 2 is 1.55 bits per heavy atom. The Morgan fingerprint density at radius 3 is 2.15 bits per heavy atom. The Bertz CT molecular complexity index is 1170. The number of fused-ring (bicyclic) bond motifs is 1. The van der Waals surface area contributed by atoms with Crippen LogP contribution in [0.1, 0.15) is 40.7 Å². The fourth-order valence-corrected chi connectivity index (χ4v) is 7.31. The Labute approximate surface area is 196 Å². The highest BCUT2D eigenvalue weighted by atomic mass is 32.2. The number of carbonyl (C=O) groups is 1. The zero-order valence-electron chi connectivity index (χ0n) is 20.0. The summed E-state index contributed by atoms with van der Waals surface area (Å²) in [4.78, 5) is 15.7. The lowest BCUT2D eigenvalue weighted by Crippen LogP contribution is -2.49. The van der Waals surface area contributed by atoms with Crippen LogP contribution in [0.5, 0.6) is 11.5 Å². The van der Waals surface area contributed by atoms with E-state index in [1.807, 2.05) is 45.0 Å². The van der Waals surface area contributed by atoms with Gasteiger partial charge in [-0.05, 0) is 74.4 Å². The van der Waals surface area contributed by atoms with E-state index >= 15 is 0 Å². The van der Waals surface area contributed by atoms with Crippen LogP contribution in [0.3, 0.4) is 0 Å². The number of ether oxygens (including phenoxy) is 2. The zero-order chi connectivity index (χ0) is 23.9. The van der Waals surface area contributed by atoms with E-state index in [9.17, 15) is 13.2 Å². The summed E-state index contributed by atoms with van der Waals surface area (Å²) in [5.41, 5.74) is 4.59. The van der Waals surface area contributed by atoms with Gasteiger partial charge in [-0.3, -0.25) is 4.79 Å². The van der Waals surface area contributed by atoms with Crippen molar-refractivity contribution in [1.82, 2.24) is 9.21 Å². The number of aryl methyl sites for hydroxylation is 3. The van der Waals surface area contributed by atoms with Gasteiger partial charge < -0.3 is 14.4 Å². The monoisotopic (exact) mass is 472 g/mol. The van der Waals surface area contributed by atoms with E-state index in [4.69, 9.17) is 9.47 Å². The van der Waals surface area contributed by atoms with Gasteiger partial charge in [-0.15, -0.1) is 0 Å². The highest BCUT2D eigenvalue weighted by molar-refractivity contribution is 7.89. The molecule has 0 saturated carbocycles. The molecule has 7 nitrogen and oxygen atoms in total. The van der Waals surface area contributed by atoms with Crippen molar-refractivity contribution < 1.29 is 22.7 Å². The van der Waals surface area contributed by atoms with Gasteiger partial charge in [-0.2, -0.15) is 4.31 Å². The van der Waals surface area contributed by atoms with Gasteiger partial charge in [-0.1, -0.05) is 17.7 Å². The van der Waals surface area contributed by atoms with E-state index in [-0.39, 0.29) is 5.91 Å². The van der Waals surface area contributed by atoms with Crippen LogP contribution in [0.4, 0.5) is 0 Å². The van der Waals surface area contributed by atoms with Gasteiger partial charge in [0.25, 0.3) is 0 Å². The second kappa shape index (κ2) is 8.99. The number of methoxy groups -OCH3 is 2. The molecule has 0 bridgehead atoms. The zero-order valence-corrected chi connectivity index (χ0v) is 20.8. The number of benzene rings is 2. The molecule has 1 fully saturated rings. The Kier molecular flexibility index (Phi) is 6.42. The molecule has 2 aromatic rings. The molecule has 8 heteroatoms. The summed E-state index contributed by atoms with van der Waals surface area (Å²) in [6, 6.07) is 6.98. The van der Waals surface area contributed by atoms with Crippen molar-refractivity contribution in [3.63, 3.8) is 0 Å². The third-order valence-electron chi connectivity index (χ3n) is 6.69. The van der Waals surface area contributed by atoms with Crippen molar-refractivity contribution in [1.29, 1.82) is 0 Å². The van der Waals surface area contributed by atoms with Gasteiger partial charge in [0, 0.05) is 19.6 Å². The van der Waals surface area contributed by atoms with Crippen LogP contribution in [0.15, 0.2) is 29.2 Å². The van der Waals surface area contributed by atoms with Crippen molar-refractivity contribution >= 4 is 15.9 Å². The summed E-state index contributed by atoms with van der Waals surface area (Å²) in [6.45, 7) is 6.94. The van der Waals surface area contributed by atoms with Crippen LogP contribution >= 0.6 is 0 Å². The van der Waals surface area contributed by atoms with Crippen LogP contribution in [-0.2, 0) is 27.8 Å². The summed E-state index contributed by atoms with van der Waals surface area (Å²) >= 11 is 0. The second-order valence-electron chi connectivity index (χ2n) is 8.99. The fraction of sp³-hybridized carbons (Fsp3) is 0.480. The Balaban J connectivity index is 1.60. The second-order valence-corrected chi connectivity index (χ2v) is 10.8. The molecule has 0 radical (unpaired) electrons. The van der Waals surface area contributed by atoms with E-state index in [1.54, 1.807) is 19.1 Å². The van der Waals surface area contributed by atoms with E-state index < -0.39 is 16.1 Å². The predicted octanol–water partition coefficient (Wildman–Crippen LogP) is 3.37. The first-order chi connectivity index (χ1) is 15.7. The summed E-state index contributed by atoms with van der Waals surface area (Å²) < 4.78 is 39.6. The predicted molar refractivity (Wildman–Crippen MR) is 126 cm³/mol. The molecule has 2 aromatic carbocycles. The number of hydrogen-bond acceptors (Lipinski definition) is 5. The van der Waals surface area contributed by atoms with Crippen molar-refractivity contribution in [2.75, 3.05) is 27.3 Å². The Morgan fingerprint density at radius 1 is 0.939 bits per heavy atom. The van der Waals surface area contributed by atoms with Gasteiger partial charge in [0.2, 0.25) is 15.9 Å². The molecule has 33 heavy (non-hydrogen) atoms. The number of amides is 1. The number of carbonyl (C=O) groups excluding carboxylic acids is 1. The van der Waals surface area contributed by atoms with Gasteiger partial charge in [0.1, 0.15) is 6.04 Å². The summed E-state index contributed by atoms with van der Waals surface area (Å²) in [7, 11) is -0.584. The minimum absolute atomic E-state index is 0.126. The third kappa shape index (κ3) is 4.22. The minimum Gasteiger partial charge on any atom is -0.493 e. The highest BCUT2D eigenvalue weighted by Crippen LogP contribution is 2.35. The Hall–Kier alpha value is -2.58. The first-order valence-electron chi connectivity index (χ1n) is 11.3.